The number of hydrogen-bond donors (Lipinski definition) is 2. The molecule has 0 saturated carbocycles. The largest absolute Gasteiger partial charge is 0.324 e. The van der Waals surface area contributed by atoms with E-state index < -0.39 is 79.0 Å². The van der Waals surface area contributed by atoms with Crippen LogP contribution in [0.1, 0.15) is 46.4 Å². The molecule has 0 aliphatic carbocycles. The van der Waals surface area contributed by atoms with Crippen molar-refractivity contribution in [3.8, 4) is 16.9 Å². The van der Waals surface area contributed by atoms with Crippen LogP contribution in [0.25, 0.3) is 16.9 Å². The fourth-order valence-corrected chi connectivity index (χ4v) is 3.10. The van der Waals surface area contributed by atoms with Crippen LogP contribution < -0.4 is 10.6 Å². The molecule has 0 bridgehead atoms. The maximum absolute atomic E-state index is 13.6. The van der Waals surface area contributed by atoms with Crippen molar-refractivity contribution in [3.05, 3.63) is 108 Å². The monoisotopic (exact) mass is 489 g/mol. The van der Waals surface area contributed by atoms with Gasteiger partial charge in [-0.05, 0) is 80.2 Å². The fourth-order valence-electron chi connectivity index (χ4n) is 3.10. The molecule has 178 valence electrons. The van der Waals surface area contributed by atoms with Crippen LogP contribution in [0.4, 0.5) is 17.3 Å². The summed E-state index contributed by atoms with van der Waals surface area (Å²) in [6.45, 7) is 0.115. The Morgan fingerprint density at radius 3 is 2.86 bits per heavy atom. The molecular formula is C28H25N7O. The molecule has 0 aliphatic rings. The van der Waals surface area contributed by atoms with Gasteiger partial charge in [0.1, 0.15) is 1.37 Å². The average molecular weight is 490 g/mol. The highest BCUT2D eigenvalue weighted by Gasteiger charge is 2.12. The molecule has 8 nitrogen and oxygen atoms in total. The highest BCUT2D eigenvalue weighted by Crippen LogP contribution is 2.24. The van der Waals surface area contributed by atoms with E-state index in [2.05, 4.69) is 30.6 Å². The number of nitrogens with one attached hydrogen (secondary N) is 2. The predicted molar refractivity (Wildman–Crippen MR) is 141 cm³/mol. The van der Waals surface area contributed by atoms with Crippen molar-refractivity contribution in [2.24, 2.45) is 0 Å². The number of amides is 1. The van der Waals surface area contributed by atoms with Gasteiger partial charge < -0.3 is 15.2 Å². The average Bonchev–Trinajstić information content (AvgIpc) is 3.28. The minimum absolute atomic E-state index is 0.0327. The summed E-state index contributed by atoms with van der Waals surface area (Å²) in [5.41, 5.74) is -2.05. The van der Waals surface area contributed by atoms with Crippen LogP contribution in [0.5, 0.6) is 0 Å². The molecule has 1 amide bonds. The van der Waals surface area contributed by atoms with Crippen molar-refractivity contribution in [3.63, 3.8) is 0 Å². The first kappa shape index (κ1) is 11.7. The van der Waals surface area contributed by atoms with E-state index in [0.717, 1.165) is 16.7 Å². The van der Waals surface area contributed by atoms with Gasteiger partial charge in [0.05, 0.1) is 31.4 Å². The van der Waals surface area contributed by atoms with Crippen LogP contribution in [-0.2, 0) is 0 Å². The Bertz CT molecular complexity index is 2240. The SMILES string of the molecule is [2H]c1nc(Nc2cc(C(=O)Nc3c([2H])c(C)c([2H])c(-n4c([2H])nc(C)c4[2H])c3[2H])ccc2C([2H])([2H])[2H])nc(-c2c([2H])nc([2H])c([2H])c2[2H])c1[2H]. The zero-order chi connectivity index (χ0) is 37.1. The van der Waals surface area contributed by atoms with Gasteiger partial charge in [0.2, 0.25) is 5.95 Å². The van der Waals surface area contributed by atoms with E-state index in [1.165, 1.54) is 19.9 Å². The number of pyridine rings is 1. The maximum Gasteiger partial charge on any atom is 0.255 e. The molecule has 0 atom stereocenters. The van der Waals surface area contributed by atoms with Gasteiger partial charge >= 0.3 is 0 Å². The highest BCUT2D eigenvalue weighted by atomic mass is 16.1. The van der Waals surface area contributed by atoms with Crippen molar-refractivity contribution in [2.75, 3.05) is 10.6 Å². The minimum atomic E-state index is -2.76. The molecule has 3 heterocycles. The Labute approximate surface area is 228 Å². The van der Waals surface area contributed by atoms with Crippen molar-refractivity contribution >= 4 is 23.2 Å². The first-order valence-electron chi connectivity index (χ1n) is 17.4. The number of nitrogens with zero attached hydrogens (tertiary/aromatic N) is 5. The standard InChI is InChI=1S/C28H25N7O/c1-18-11-23(14-24(12-18)35-16-20(3)31-17-35)32-27(36)21-7-6-19(2)26(13-21)34-28-30-10-8-25(33-28)22-5-4-9-29-15-22/h4-17H,1-3H3,(H,32,36)(H,30,33,34)/i2D3,4D,5D,8D,9D,10D,11D,12D,14D,15D,16D,17D. The third-order valence-corrected chi connectivity index (χ3v) is 4.70. The smallest absolute Gasteiger partial charge is 0.255 e. The number of hydrogen-bond acceptors (Lipinski definition) is 6. The molecule has 0 aliphatic heterocycles. The lowest BCUT2D eigenvalue weighted by molar-refractivity contribution is 0.102. The lowest BCUT2D eigenvalue weighted by Crippen LogP contribution is -2.13. The lowest BCUT2D eigenvalue weighted by atomic mass is 10.1. The Balaban J connectivity index is 1.59. The van der Waals surface area contributed by atoms with Crippen molar-refractivity contribution in [1.29, 1.82) is 0 Å². The number of aryl methyl sites for hydroxylation is 2. The van der Waals surface area contributed by atoms with Crippen molar-refractivity contribution in [2.45, 2.75) is 20.7 Å². The summed E-state index contributed by atoms with van der Waals surface area (Å²) in [6, 6.07) is 0.217. The summed E-state index contributed by atoms with van der Waals surface area (Å²) >= 11 is 0. The minimum Gasteiger partial charge on any atom is -0.324 e. The van der Waals surface area contributed by atoms with Gasteiger partial charge in [-0.25, -0.2) is 15.0 Å². The molecular weight excluding hydrogens is 450 g/mol. The molecule has 0 saturated heterocycles. The first-order chi connectivity index (χ1) is 23.2. The molecule has 36 heavy (non-hydrogen) atoms. The normalized spacial score (nSPS) is 16.6. The Hall–Kier alpha value is -4.85. The van der Waals surface area contributed by atoms with E-state index in [4.69, 9.17) is 19.2 Å². The summed E-state index contributed by atoms with van der Waals surface area (Å²) in [7, 11) is 0. The van der Waals surface area contributed by atoms with Gasteiger partial charge in [-0.3, -0.25) is 9.78 Å². The molecule has 2 N–H and O–H groups in total. The second-order valence-electron chi connectivity index (χ2n) is 7.40. The van der Waals surface area contributed by atoms with Gasteiger partial charge in [-0.2, -0.15) is 0 Å². The van der Waals surface area contributed by atoms with Crippen molar-refractivity contribution in [1.82, 2.24) is 24.5 Å². The van der Waals surface area contributed by atoms with E-state index >= 15 is 0 Å². The summed E-state index contributed by atoms with van der Waals surface area (Å²) in [6.07, 6.45) is -2.69. The second kappa shape index (κ2) is 9.79. The highest BCUT2D eigenvalue weighted by molar-refractivity contribution is 6.05. The Morgan fingerprint density at radius 2 is 2.03 bits per heavy atom. The molecule has 3 aromatic heterocycles. The second-order valence-corrected chi connectivity index (χ2v) is 7.40. The van der Waals surface area contributed by atoms with Gasteiger partial charge in [0.25, 0.3) is 5.91 Å². The molecule has 5 aromatic rings. The van der Waals surface area contributed by atoms with Gasteiger partial charge in [-0.15, -0.1) is 0 Å². The number of carbonyl (C=O) groups excluding carboxylic acids is 1. The van der Waals surface area contributed by atoms with Crippen LogP contribution >= 0.6 is 0 Å². The van der Waals surface area contributed by atoms with E-state index in [0.29, 0.717) is 0 Å². The third kappa shape index (κ3) is 5.12. The number of carbonyl (C=O) groups is 1. The zero-order valence-corrected chi connectivity index (χ0v) is 18.9. The topological polar surface area (TPSA) is 97.6 Å². The molecule has 2 aromatic carbocycles. The molecule has 5 rings (SSSR count). The van der Waals surface area contributed by atoms with Crippen LogP contribution in [0.15, 0.2) is 85.4 Å². The van der Waals surface area contributed by atoms with Crippen LogP contribution in [0, 0.1) is 20.7 Å². The number of anilines is 3. The first-order valence-corrected chi connectivity index (χ1v) is 10.4. The molecule has 8 heteroatoms. The van der Waals surface area contributed by atoms with E-state index in [1.54, 1.807) is 0 Å². The van der Waals surface area contributed by atoms with Crippen molar-refractivity contribution < 1.29 is 24.0 Å². The van der Waals surface area contributed by atoms with Crippen LogP contribution in [0.2, 0.25) is 0 Å². The molecule has 0 unspecified atom stereocenters. The van der Waals surface area contributed by atoms with Gasteiger partial charge in [0.15, 0.2) is 0 Å². The molecule has 0 radical (unpaired) electrons. The number of aromatic nitrogens is 5. The van der Waals surface area contributed by atoms with E-state index in [-0.39, 0.29) is 57.7 Å². The maximum atomic E-state index is 13.6. The number of imidazole rings is 1. The zero-order valence-electron chi connectivity index (χ0n) is 32.9. The predicted octanol–water partition coefficient (Wildman–Crippen LogP) is 5.65. The van der Waals surface area contributed by atoms with Gasteiger partial charge in [-0.1, -0.05) is 6.07 Å². The summed E-state index contributed by atoms with van der Waals surface area (Å²) in [5.74, 6) is -1.38. The van der Waals surface area contributed by atoms with Gasteiger partial charge in [0, 0.05) is 57.0 Å². The summed E-state index contributed by atoms with van der Waals surface area (Å²) < 4.78 is 116. The van der Waals surface area contributed by atoms with Crippen LogP contribution in [-0.4, -0.2) is 30.4 Å². The Kier molecular flexibility index (Phi) is 3.19. The summed E-state index contributed by atoms with van der Waals surface area (Å²) in [5, 5.41) is 5.07. The molecule has 0 spiro atoms. The van der Waals surface area contributed by atoms with Crippen LogP contribution in [0.3, 0.4) is 0 Å². The lowest BCUT2D eigenvalue weighted by Gasteiger charge is -2.13. The fraction of sp³-hybridized carbons (Fsp3) is 0.107. The third-order valence-electron chi connectivity index (χ3n) is 4.70. The summed E-state index contributed by atoms with van der Waals surface area (Å²) in [4.78, 5) is 29.0. The quantitative estimate of drug-likeness (QED) is 0.320. The number of benzene rings is 2. The van der Waals surface area contributed by atoms with E-state index in [1.807, 2.05) is 0 Å². The number of rotatable bonds is 6. The van der Waals surface area contributed by atoms with E-state index in [9.17, 15) is 4.79 Å². The molecule has 0 fully saturated rings. The Morgan fingerprint density at radius 1 is 1.11 bits per heavy atom.